The van der Waals surface area contributed by atoms with Crippen molar-refractivity contribution in [3.05, 3.63) is 35.4 Å². The third-order valence-corrected chi connectivity index (χ3v) is 5.88. The second-order valence-electron chi connectivity index (χ2n) is 8.07. The van der Waals surface area contributed by atoms with Crippen molar-refractivity contribution in [2.75, 3.05) is 13.1 Å². The van der Waals surface area contributed by atoms with E-state index in [1.807, 2.05) is 0 Å². The lowest BCUT2D eigenvalue weighted by Gasteiger charge is -2.19. The molecule has 2 fully saturated rings. The second-order valence-corrected chi connectivity index (χ2v) is 8.07. The van der Waals surface area contributed by atoms with Gasteiger partial charge in [-0.3, -0.25) is 19.3 Å². The first kappa shape index (κ1) is 19.6. The zero-order valence-corrected chi connectivity index (χ0v) is 16.4. The van der Waals surface area contributed by atoms with Gasteiger partial charge in [-0.2, -0.15) is 0 Å². The van der Waals surface area contributed by atoms with Crippen molar-refractivity contribution in [3.8, 4) is 0 Å². The van der Waals surface area contributed by atoms with Gasteiger partial charge >= 0.3 is 0 Å². The zero-order valence-electron chi connectivity index (χ0n) is 16.4. The van der Waals surface area contributed by atoms with Crippen LogP contribution in [0.15, 0.2) is 24.3 Å². The van der Waals surface area contributed by atoms with E-state index in [1.165, 1.54) is 16.0 Å². The predicted octanol–water partition coefficient (Wildman–Crippen LogP) is 3.03. The Labute approximate surface area is 161 Å². The van der Waals surface area contributed by atoms with E-state index in [-0.39, 0.29) is 42.5 Å². The van der Waals surface area contributed by atoms with Gasteiger partial charge in [0.1, 0.15) is 0 Å². The van der Waals surface area contributed by atoms with Gasteiger partial charge in [0.05, 0.1) is 11.8 Å². The molecule has 1 aromatic rings. The van der Waals surface area contributed by atoms with Crippen LogP contribution in [0, 0.1) is 11.8 Å². The quantitative estimate of drug-likeness (QED) is 0.750. The number of rotatable bonds is 7. The summed E-state index contributed by atoms with van der Waals surface area (Å²) >= 11 is 0. The summed E-state index contributed by atoms with van der Waals surface area (Å²) in [6.45, 7) is 5.10. The molecule has 3 rings (SSSR count). The summed E-state index contributed by atoms with van der Waals surface area (Å²) in [4.78, 5) is 38.2. The third-order valence-electron chi connectivity index (χ3n) is 5.88. The number of benzene rings is 1. The van der Waals surface area contributed by atoms with Gasteiger partial charge in [-0.15, -0.1) is 0 Å². The average molecular weight is 370 g/mol. The SMILES string of the molecule is CC(C)c1ccc(CCNC(=O)CCN2C(=O)[C@H]3CCCC[C@@H]3C2=O)cc1. The number of nitrogens with zero attached hydrogens (tertiary/aromatic N) is 1. The summed E-state index contributed by atoms with van der Waals surface area (Å²) in [5, 5.41) is 2.90. The molecule has 0 aromatic heterocycles. The van der Waals surface area contributed by atoms with Crippen LogP contribution in [0.5, 0.6) is 0 Å². The number of nitrogens with one attached hydrogen (secondary N) is 1. The Balaban J connectivity index is 1.41. The Morgan fingerprint density at radius 2 is 1.67 bits per heavy atom. The molecule has 0 radical (unpaired) electrons. The molecule has 0 unspecified atom stereocenters. The Bertz CT molecular complexity index is 672. The fourth-order valence-electron chi connectivity index (χ4n) is 4.17. The number of carbonyl (C=O) groups is 3. The van der Waals surface area contributed by atoms with Gasteiger partial charge in [0.15, 0.2) is 0 Å². The molecule has 2 atom stereocenters. The summed E-state index contributed by atoms with van der Waals surface area (Å²) < 4.78 is 0. The Morgan fingerprint density at radius 1 is 1.07 bits per heavy atom. The zero-order chi connectivity index (χ0) is 19.4. The number of fused-ring (bicyclic) bond motifs is 1. The van der Waals surface area contributed by atoms with Gasteiger partial charge < -0.3 is 5.32 Å². The minimum Gasteiger partial charge on any atom is -0.356 e. The Morgan fingerprint density at radius 3 is 2.22 bits per heavy atom. The maximum absolute atomic E-state index is 12.4. The summed E-state index contributed by atoms with van der Waals surface area (Å²) in [6, 6.07) is 8.47. The number of carbonyl (C=O) groups excluding carboxylic acids is 3. The minimum absolute atomic E-state index is 0.0669. The van der Waals surface area contributed by atoms with E-state index in [4.69, 9.17) is 0 Å². The van der Waals surface area contributed by atoms with Crippen LogP contribution in [0.4, 0.5) is 0 Å². The highest BCUT2D eigenvalue weighted by molar-refractivity contribution is 6.05. The first-order valence-electron chi connectivity index (χ1n) is 10.2. The molecule has 146 valence electrons. The maximum Gasteiger partial charge on any atom is 0.233 e. The van der Waals surface area contributed by atoms with Gasteiger partial charge in [-0.25, -0.2) is 0 Å². The standard InChI is InChI=1S/C22H30N2O3/c1-15(2)17-9-7-16(8-10-17)11-13-23-20(25)12-14-24-21(26)18-5-3-4-6-19(18)22(24)27/h7-10,15,18-19H,3-6,11-14H2,1-2H3,(H,23,25)/t18-,19-/m0/s1. The van der Waals surface area contributed by atoms with Crippen molar-refractivity contribution in [2.45, 2.75) is 58.3 Å². The average Bonchev–Trinajstić information content (AvgIpc) is 2.91. The summed E-state index contributed by atoms with van der Waals surface area (Å²) in [5.74, 6) is -0.000377. The Hall–Kier alpha value is -2.17. The molecular weight excluding hydrogens is 340 g/mol. The molecule has 1 N–H and O–H groups in total. The van der Waals surface area contributed by atoms with Gasteiger partial charge in [0.25, 0.3) is 0 Å². The maximum atomic E-state index is 12.4. The van der Waals surface area contributed by atoms with E-state index in [2.05, 4.69) is 43.4 Å². The van der Waals surface area contributed by atoms with Gasteiger partial charge in [-0.1, -0.05) is 51.0 Å². The molecule has 27 heavy (non-hydrogen) atoms. The molecule has 1 saturated heterocycles. The number of likely N-dealkylation sites (tertiary alicyclic amines) is 1. The van der Waals surface area contributed by atoms with Crippen LogP contribution in [0.25, 0.3) is 0 Å². The Kier molecular flexibility index (Phi) is 6.30. The van der Waals surface area contributed by atoms with Gasteiger partial charge in [-0.05, 0) is 36.3 Å². The van der Waals surface area contributed by atoms with Gasteiger partial charge in [0, 0.05) is 19.5 Å². The van der Waals surface area contributed by atoms with Crippen LogP contribution >= 0.6 is 0 Å². The number of amides is 3. The number of hydrogen-bond donors (Lipinski definition) is 1. The second kappa shape index (κ2) is 8.68. The lowest BCUT2D eigenvalue weighted by molar-refractivity contribution is -0.140. The number of imide groups is 1. The molecule has 1 saturated carbocycles. The van der Waals surface area contributed by atoms with E-state index < -0.39 is 0 Å². The van der Waals surface area contributed by atoms with Crippen LogP contribution in [-0.2, 0) is 20.8 Å². The van der Waals surface area contributed by atoms with Crippen molar-refractivity contribution in [1.29, 1.82) is 0 Å². The molecular formula is C22H30N2O3. The van der Waals surface area contributed by atoms with E-state index in [0.29, 0.717) is 12.5 Å². The molecule has 2 aliphatic rings. The van der Waals surface area contributed by atoms with Crippen molar-refractivity contribution in [1.82, 2.24) is 10.2 Å². The molecule has 0 bridgehead atoms. The molecule has 5 nitrogen and oxygen atoms in total. The van der Waals surface area contributed by atoms with E-state index in [0.717, 1.165) is 32.1 Å². The van der Waals surface area contributed by atoms with Crippen LogP contribution < -0.4 is 5.32 Å². The van der Waals surface area contributed by atoms with Crippen LogP contribution in [0.1, 0.15) is 63.0 Å². The monoisotopic (exact) mass is 370 g/mol. The normalized spacial score (nSPS) is 22.3. The number of hydrogen-bond acceptors (Lipinski definition) is 3. The van der Waals surface area contributed by atoms with Crippen LogP contribution in [0.3, 0.4) is 0 Å². The highest BCUT2D eigenvalue weighted by atomic mass is 16.2. The summed E-state index contributed by atoms with van der Waals surface area (Å²) in [6.07, 6.45) is 4.62. The molecule has 0 spiro atoms. The highest BCUT2D eigenvalue weighted by Crippen LogP contribution is 2.37. The lowest BCUT2D eigenvalue weighted by Crippen LogP contribution is -2.35. The topological polar surface area (TPSA) is 66.5 Å². The molecule has 1 aliphatic heterocycles. The molecule has 1 heterocycles. The fourth-order valence-corrected chi connectivity index (χ4v) is 4.17. The van der Waals surface area contributed by atoms with Crippen molar-refractivity contribution in [3.63, 3.8) is 0 Å². The summed E-state index contributed by atoms with van der Waals surface area (Å²) in [5.41, 5.74) is 2.50. The highest BCUT2D eigenvalue weighted by Gasteiger charge is 2.47. The first-order valence-corrected chi connectivity index (χ1v) is 10.2. The van der Waals surface area contributed by atoms with Crippen LogP contribution in [0.2, 0.25) is 0 Å². The predicted molar refractivity (Wildman–Crippen MR) is 104 cm³/mol. The largest absolute Gasteiger partial charge is 0.356 e. The smallest absolute Gasteiger partial charge is 0.233 e. The fraction of sp³-hybridized carbons (Fsp3) is 0.591. The lowest BCUT2D eigenvalue weighted by atomic mass is 9.81. The summed E-state index contributed by atoms with van der Waals surface area (Å²) in [7, 11) is 0. The van der Waals surface area contributed by atoms with Crippen LogP contribution in [-0.4, -0.2) is 35.7 Å². The molecule has 5 heteroatoms. The molecule has 3 amide bonds. The first-order chi connectivity index (χ1) is 13.0. The van der Waals surface area contributed by atoms with Crippen molar-refractivity contribution >= 4 is 17.7 Å². The molecule has 1 aromatic carbocycles. The minimum atomic E-state index is -0.136. The van der Waals surface area contributed by atoms with Crippen molar-refractivity contribution in [2.24, 2.45) is 11.8 Å². The van der Waals surface area contributed by atoms with E-state index >= 15 is 0 Å². The van der Waals surface area contributed by atoms with E-state index in [1.54, 1.807) is 0 Å². The van der Waals surface area contributed by atoms with E-state index in [9.17, 15) is 14.4 Å². The van der Waals surface area contributed by atoms with Gasteiger partial charge in [0.2, 0.25) is 17.7 Å². The third kappa shape index (κ3) is 4.57. The van der Waals surface area contributed by atoms with Crippen molar-refractivity contribution < 1.29 is 14.4 Å². The molecule has 1 aliphatic carbocycles.